The zero-order valence-corrected chi connectivity index (χ0v) is 9.69. The van der Waals surface area contributed by atoms with Crippen molar-refractivity contribution in [2.24, 2.45) is 5.73 Å². The first kappa shape index (κ1) is 11.7. The van der Waals surface area contributed by atoms with Crippen LogP contribution in [0, 0.1) is 0 Å². The highest BCUT2D eigenvalue weighted by Crippen LogP contribution is 2.21. The second-order valence-electron chi connectivity index (χ2n) is 3.99. The SMILES string of the molecule is NC(=O)COc1cccc(N2CCNCC2)c1. The van der Waals surface area contributed by atoms with Crippen LogP contribution in [0.3, 0.4) is 0 Å². The summed E-state index contributed by atoms with van der Waals surface area (Å²) in [5.41, 5.74) is 6.16. The van der Waals surface area contributed by atoms with Gasteiger partial charge in [0.1, 0.15) is 5.75 Å². The molecule has 0 bridgehead atoms. The number of primary amides is 1. The molecule has 17 heavy (non-hydrogen) atoms. The third kappa shape index (κ3) is 3.35. The van der Waals surface area contributed by atoms with E-state index < -0.39 is 5.91 Å². The monoisotopic (exact) mass is 235 g/mol. The van der Waals surface area contributed by atoms with Gasteiger partial charge in [0.15, 0.2) is 6.61 Å². The van der Waals surface area contributed by atoms with Crippen molar-refractivity contribution in [3.8, 4) is 5.75 Å². The van der Waals surface area contributed by atoms with E-state index in [1.165, 1.54) is 0 Å². The Morgan fingerprint density at radius 2 is 2.18 bits per heavy atom. The Balaban J connectivity index is 2.02. The fraction of sp³-hybridized carbons (Fsp3) is 0.417. The van der Waals surface area contributed by atoms with Crippen LogP contribution in [0.4, 0.5) is 5.69 Å². The Hall–Kier alpha value is -1.75. The summed E-state index contributed by atoms with van der Waals surface area (Å²) in [5, 5.41) is 3.31. The minimum atomic E-state index is -0.461. The third-order valence-corrected chi connectivity index (χ3v) is 2.68. The van der Waals surface area contributed by atoms with E-state index in [0.29, 0.717) is 5.75 Å². The summed E-state index contributed by atoms with van der Waals surface area (Å²) in [4.78, 5) is 12.9. The number of piperazine rings is 1. The van der Waals surface area contributed by atoms with Gasteiger partial charge in [0.05, 0.1) is 0 Å². The number of carbonyl (C=O) groups excluding carboxylic acids is 1. The first-order valence-electron chi connectivity index (χ1n) is 5.72. The summed E-state index contributed by atoms with van der Waals surface area (Å²) in [6.45, 7) is 3.88. The number of nitrogens with two attached hydrogens (primary N) is 1. The van der Waals surface area contributed by atoms with Gasteiger partial charge in [0.25, 0.3) is 5.91 Å². The molecule has 0 aromatic heterocycles. The van der Waals surface area contributed by atoms with Gasteiger partial charge in [0, 0.05) is 37.9 Å². The summed E-state index contributed by atoms with van der Waals surface area (Å²) in [7, 11) is 0. The fourth-order valence-corrected chi connectivity index (χ4v) is 1.85. The topological polar surface area (TPSA) is 67.6 Å². The van der Waals surface area contributed by atoms with Crippen molar-refractivity contribution in [2.45, 2.75) is 0 Å². The molecule has 0 aliphatic carbocycles. The fourth-order valence-electron chi connectivity index (χ4n) is 1.85. The molecule has 0 unspecified atom stereocenters. The van der Waals surface area contributed by atoms with Crippen molar-refractivity contribution < 1.29 is 9.53 Å². The number of carbonyl (C=O) groups is 1. The molecule has 0 radical (unpaired) electrons. The average molecular weight is 235 g/mol. The van der Waals surface area contributed by atoms with Crippen LogP contribution in [0.5, 0.6) is 5.75 Å². The van der Waals surface area contributed by atoms with Crippen molar-refractivity contribution in [2.75, 3.05) is 37.7 Å². The molecule has 1 amide bonds. The Kier molecular flexibility index (Phi) is 3.82. The highest BCUT2D eigenvalue weighted by Gasteiger charge is 2.10. The Morgan fingerprint density at radius 1 is 1.41 bits per heavy atom. The maximum absolute atomic E-state index is 10.6. The second-order valence-corrected chi connectivity index (χ2v) is 3.99. The van der Waals surface area contributed by atoms with Crippen LogP contribution in [0.1, 0.15) is 0 Å². The summed E-state index contributed by atoms with van der Waals surface area (Å²) < 4.78 is 5.28. The van der Waals surface area contributed by atoms with Gasteiger partial charge >= 0.3 is 0 Å². The van der Waals surface area contributed by atoms with Gasteiger partial charge in [-0.25, -0.2) is 0 Å². The smallest absolute Gasteiger partial charge is 0.255 e. The summed E-state index contributed by atoms with van der Waals surface area (Å²) >= 11 is 0. The quantitative estimate of drug-likeness (QED) is 0.768. The number of hydrogen-bond acceptors (Lipinski definition) is 4. The minimum Gasteiger partial charge on any atom is -0.484 e. The molecule has 3 N–H and O–H groups in total. The number of ether oxygens (including phenoxy) is 1. The molecule has 92 valence electrons. The van der Waals surface area contributed by atoms with Crippen molar-refractivity contribution in [1.82, 2.24) is 5.32 Å². The van der Waals surface area contributed by atoms with E-state index in [9.17, 15) is 4.79 Å². The predicted molar refractivity (Wildman–Crippen MR) is 66.2 cm³/mol. The number of hydrogen-bond donors (Lipinski definition) is 2. The van der Waals surface area contributed by atoms with Crippen molar-refractivity contribution >= 4 is 11.6 Å². The van der Waals surface area contributed by atoms with Crippen molar-refractivity contribution in [3.05, 3.63) is 24.3 Å². The Bertz CT molecular complexity index is 389. The van der Waals surface area contributed by atoms with Gasteiger partial charge < -0.3 is 20.7 Å². The molecule has 1 fully saturated rings. The zero-order chi connectivity index (χ0) is 12.1. The van der Waals surface area contributed by atoms with Crippen LogP contribution in [0.15, 0.2) is 24.3 Å². The van der Waals surface area contributed by atoms with Crippen LogP contribution < -0.4 is 20.7 Å². The molecule has 1 aromatic rings. The Labute approximate surface area is 101 Å². The summed E-state index contributed by atoms with van der Waals surface area (Å²) in [6.07, 6.45) is 0. The number of nitrogens with one attached hydrogen (secondary N) is 1. The van der Waals surface area contributed by atoms with Gasteiger partial charge in [-0.3, -0.25) is 4.79 Å². The molecule has 1 saturated heterocycles. The molecule has 5 nitrogen and oxygen atoms in total. The molecule has 1 aliphatic rings. The Morgan fingerprint density at radius 3 is 2.88 bits per heavy atom. The molecule has 0 spiro atoms. The molecule has 5 heteroatoms. The van der Waals surface area contributed by atoms with E-state index in [0.717, 1.165) is 31.9 Å². The number of rotatable bonds is 4. The van der Waals surface area contributed by atoms with Gasteiger partial charge in [-0.05, 0) is 12.1 Å². The van der Waals surface area contributed by atoms with E-state index in [2.05, 4.69) is 10.2 Å². The zero-order valence-electron chi connectivity index (χ0n) is 9.69. The van der Waals surface area contributed by atoms with Gasteiger partial charge in [0.2, 0.25) is 0 Å². The molecule has 0 saturated carbocycles. The van der Waals surface area contributed by atoms with Crippen LogP contribution in [-0.2, 0) is 4.79 Å². The summed E-state index contributed by atoms with van der Waals surface area (Å²) in [6, 6.07) is 7.74. The largest absolute Gasteiger partial charge is 0.484 e. The minimum absolute atomic E-state index is 0.0784. The maximum atomic E-state index is 10.6. The lowest BCUT2D eigenvalue weighted by molar-refractivity contribution is -0.119. The lowest BCUT2D eigenvalue weighted by atomic mass is 10.2. The molecule has 2 rings (SSSR count). The number of benzene rings is 1. The number of anilines is 1. The normalized spacial score (nSPS) is 15.6. The highest BCUT2D eigenvalue weighted by molar-refractivity contribution is 5.75. The maximum Gasteiger partial charge on any atom is 0.255 e. The van der Waals surface area contributed by atoms with E-state index in [4.69, 9.17) is 10.5 Å². The van der Waals surface area contributed by atoms with E-state index in [1.807, 2.05) is 24.3 Å². The van der Waals surface area contributed by atoms with Gasteiger partial charge in [-0.2, -0.15) is 0 Å². The molecule has 0 atom stereocenters. The standard InChI is InChI=1S/C12H17N3O2/c13-12(16)9-17-11-3-1-2-10(8-11)15-6-4-14-5-7-15/h1-3,8,14H,4-7,9H2,(H2,13,16). The van der Waals surface area contributed by atoms with Crippen LogP contribution in [-0.4, -0.2) is 38.7 Å². The van der Waals surface area contributed by atoms with Crippen LogP contribution >= 0.6 is 0 Å². The van der Waals surface area contributed by atoms with Crippen LogP contribution in [0.25, 0.3) is 0 Å². The van der Waals surface area contributed by atoms with Crippen molar-refractivity contribution in [1.29, 1.82) is 0 Å². The molecule has 1 heterocycles. The van der Waals surface area contributed by atoms with Crippen LogP contribution in [0.2, 0.25) is 0 Å². The second kappa shape index (κ2) is 5.54. The van der Waals surface area contributed by atoms with Gasteiger partial charge in [-0.15, -0.1) is 0 Å². The lowest BCUT2D eigenvalue weighted by Gasteiger charge is -2.29. The first-order valence-corrected chi connectivity index (χ1v) is 5.72. The van der Waals surface area contributed by atoms with E-state index >= 15 is 0 Å². The number of nitrogens with zero attached hydrogens (tertiary/aromatic N) is 1. The van der Waals surface area contributed by atoms with E-state index in [-0.39, 0.29) is 6.61 Å². The number of amides is 1. The van der Waals surface area contributed by atoms with Crippen molar-refractivity contribution in [3.63, 3.8) is 0 Å². The average Bonchev–Trinajstić information content (AvgIpc) is 2.38. The third-order valence-electron chi connectivity index (χ3n) is 2.68. The molecule has 1 aromatic carbocycles. The van der Waals surface area contributed by atoms with E-state index in [1.54, 1.807) is 0 Å². The summed E-state index contributed by atoms with van der Waals surface area (Å²) in [5.74, 6) is 0.220. The molecular formula is C12H17N3O2. The lowest BCUT2D eigenvalue weighted by Crippen LogP contribution is -2.43. The highest BCUT2D eigenvalue weighted by atomic mass is 16.5. The predicted octanol–water partition coefficient (Wildman–Crippen LogP) is -0.0397. The molecular weight excluding hydrogens is 218 g/mol. The van der Waals surface area contributed by atoms with Gasteiger partial charge in [-0.1, -0.05) is 6.07 Å². The first-order chi connectivity index (χ1) is 8.25. The molecule has 1 aliphatic heterocycles.